The van der Waals surface area contributed by atoms with E-state index in [1.54, 1.807) is 0 Å². The van der Waals surface area contributed by atoms with Gasteiger partial charge in [-0.3, -0.25) is 9.79 Å². The van der Waals surface area contributed by atoms with Crippen molar-refractivity contribution in [3.05, 3.63) is 30.3 Å². The van der Waals surface area contributed by atoms with E-state index < -0.39 is 0 Å². The lowest BCUT2D eigenvalue weighted by molar-refractivity contribution is -0.143. The van der Waals surface area contributed by atoms with Crippen LogP contribution in [0.25, 0.3) is 0 Å². The van der Waals surface area contributed by atoms with Crippen molar-refractivity contribution >= 4 is 17.6 Å². The number of esters is 1. The number of unbranched alkanes of at least 4 members (excludes halogenated alkanes) is 3. The van der Waals surface area contributed by atoms with Crippen molar-refractivity contribution in [3.8, 4) is 0 Å². The number of ether oxygens (including phenoxy) is 1. The first-order chi connectivity index (χ1) is 10.2. The van der Waals surface area contributed by atoms with E-state index in [-0.39, 0.29) is 5.97 Å². The number of guanidine groups is 1. The van der Waals surface area contributed by atoms with E-state index in [1.807, 2.05) is 37.3 Å². The highest BCUT2D eigenvalue weighted by Gasteiger charge is 2.00. The maximum Gasteiger partial charge on any atom is 0.305 e. The molecular weight excluding hydrogens is 266 g/mol. The molecule has 0 unspecified atom stereocenters. The normalized spacial score (nSPS) is 11.2. The molecule has 1 aromatic rings. The number of anilines is 1. The molecule has 0 aliphatic rings. The Morgan fingerprint density at radius 3 is 2.62 bits per heavy atom. The monoisotopic (exact) mass is 291 g/mol. The van der Waals surface area contributed by atoms with Gasteiger partial charge in [-0.1, -0.05) is 31.0 Å². The van der Waals surface area contributed by atoms with E-state index in [1.165, 1.54) is 0 Å². The Balaban J connectivity index is 2.05. The molecule has 5 heteroatoms. The van der Waals surface area contributed by atoms with Crippen molar-refractivity contribution in [3.63, 3.8) is 0 Å². The quantitative estimate of drug-likeness (QED) is 0.317. The standard InChI is InChI=1S/C16H25N3O2/c1-2-21-15(20)12-8-3-4-9-13-18-16(17)19-14-10-6-5-7-11-14/h5-7,10-11H,2-4,8-9,12-13H2,1H3,(H3,17,18,19). The molecule has 1 rings (SSSR count). The average Bonchev–Trinajstić information content (AvgIpc) is 2.47. The summed E-state index contributed by atoms with van der Waals surface area (Å²) in [6, 6.07) is 9.72. The van der Waals surface area contributed by atoms with Gasteiger partial charge in [0.05, 0.1) is 6.61 Å². The zero-order valence-electron chi connectivity index (χ0n) is 12.7. The van der Waals surface area contributed by atoms with Gasteiger partial charge in [0, 0.05) is 18.7 Å². The first-order valence-corrected chi connectivity index (χ1v) is 7.50. The summed E-state index contributed by atoms with van der Waals surface area (Å²) in [6.45, 7) is 2.98. The van der Waals surface area contributed by atoms with Crippen LogP contribution in [0.5, 0.6) is 0 Å². The minimum atomic E-state index is -0.105. The van der Waals surface area contributed by atoms with E-state index in [0.717, 1.165) is 31.4 Å². The third-order valence-corrected chi connectivity index (χ3v) is 2.92. The summed E-state index contributed by atoms with van der Waals surface area (Å²) in [7, 11) is 0. The molecule has 0 heterocycles. The minimum absolute atomic E-state index is 0.105. The molecule has 0 bridgehead atoms. The van der Waals surface area contributed by atoms with Crippen LogP contribution in [0.3, 0.4) is 0 Å². The van der Waals surface area contributed by atoms with Crippen LogP contribution in [0, 0.1) is 0 Å². The van der Waals surface area contributed by atoms with Crippen LogP contribution >= 0.6 is 0 Å². The second kappa shape index (κ2) is 10.7. The lowest BCUT2D eigenvalue weighted by atomic mass is 10.1. The maximum atomic E-state index is 11.1. The first-order valence-electron chi connectivity index (χ1n) is 7.50. The number of rotatable bonds is 9. The number of carbonyl (C=O) groups excluding carboxylic acids is 1. The van der Waals surface area contributed by atoms with E-state index in [2.05, 4.69) is 10.3 Å². The van der Waals surface area contributed by atoms with Crippen molar-refractivity contribution in [2.45, 2.75) is 39.0 Å². The summed E-state index contributed by atoms with van der Waals surface area (Å²) < 4.78 is 4.87. The van der Waals surface area contributed by atoms with Gasteiger partial charge >= 0.3 is 5.97 Å². The zero-order chi connectivity index (χ0) is 15.3. The fourth-order valence-electron chi connectivity index (χ4n) is 1.88. The van der Waals surface area contributed by atoms with Crippen molar-refractivity contribution in [2.75, 3.05) is 18.5 Å². The second-order valence-corrected chi connectivity index (χ2v) is 4.73. The number of benzene rings is 1. The van der Waals surface area contributed by atoms with E-state index in [4.69, 9.17) is 10.5 Å². The third-order valence-electron chi connectivity index (χ3n) is 2.92. The fraction of sp³-hybridized carbons (Fsp3) is 0.500. The molecule has 0 aliphatic carbocycles. The Kier molecular flexibility index (Phi) is 8.68. The minimum Gasteiger partial charge on any atom is -0.466 e. The number of nitrogens with zero attached hydrogens (tertiary/aromatic N) is 1. The number of para-hydroxylation sites is 1. The molecule has 0 saturated carbocycles. The van der Waals surface area contributed by atoms with Crippen LogP contribution in [0.1, 0.15) is 39.0 Å². The van der Waals surface area contributed by atoms with Gasteiger partial charge in [-0.05, 0) is 31.9 Å². The highest BCUT2D eigenvalue weighted by Crippen LogP contribution is 2.05. The third kappa shape index (κ3) is 8.68. The summed E-state index contributed by atoms with van der Waals surface area (Å²) in [5.74, 6) is 0.333. The number of nitrogens with two attached hydrogens (primary N) is 1. The molecule has 0 aliphatic heterocycles. The second-order valence-electron chi connectivity index (χ2n) is 4.73. The number of hydrogen-bond acceptors (Lipinski definition) is 3. The van der Waals surface area contributed by atoms with Gasteiger partial charge in [0.15, 0.2) is 5.96 Å². The predicted molar refractivity (Wildman–Crippen MR) is 86.3 cm³/mol. The molecule has 1 aromatic carbocycles. The highest BCUT2D eigenvalue weighted by molar-refractivity contribution is 5.92. The van der Waals surface area contributed by atoms with Crippen LogP contribution in [-0.4, -0.2) is 25.1 Å². The Labute approximate surface area is 126 Å². The van der Waals surface area contributed by atoms with Gasteiger partial charge in [0.25, 0.3) is 0 Å². The molecule has 5 nitrogen and oxygen atoms in total. The Morgan fingerprint density at radius 1 is 1.19 bits per heavy atom. The van der Waals surface area contributed by atoms with Crippen LogP contribution in [0.2, 0.25) is 0 Å². The molecule has 116 valence electrons. The smallest absolute Gasteiger partial charge is 0.305 e. The summed E-state index contributed by atoms with van der Waals surface area (Å²) in [5.41, 5.74) is 6.74. The van der Waals surface area contributed by atoms with E-state index in [9.17, 15) is 4.79 Å². The average molecular weight is 291 g/mol. The molecule has 0 fully saturated rings. The van der Waals surface area contributed by atoms with Crippen LogP contribution in [-0.2, 0) is 9.53 Å². The molecule has 0 spiro atoms. The molecule has 0 saturated heterocycles. The predicted octanol–water partition coefficient (Wildman–Crippen LogP) is 2.93. The topological polar surface area (TPSA) is 76.7 Å². The molecule has 21 heavy (non-hydrogen) atoms. The molecule has 0 aromatic heterocycles. The Bertz CT molecular complexity index is 432. The molecule has 0 radical (unpaired) electrons. The Morgan fingerprint density at radius 2 is 1.90 bits per heavy atom. The van der Waals surface area contributed by atoms with Crippen LogP contribution < -0.4 is 11.1 Å². The van der Waals surface area contributed by atoms with Crippen molar-refractivity contribution in [1.82, 2.24) is 0 Å². The largest absolute Gasteiger partial charge is 0.466 e. The molecule has 3 N–H and O–H groups in total. The van der Waals surface area contributed by atoms with Gasteiger partial charge in [0.1, 0.15) is 0 Å². The summed E-state index contributed by atoms with van der Waals surface area (Å²) >= 11 is 0. The van der Waals surface area contributed by atoms with E-state index in [0.29, 0.717) is 25.5 Å². The fourth-order valence-corrected chi connectivity index (χ4v) is 1.88. The van der Waals surface area contributed by atoms with Crippen molar-refractivity contribution < 1.29 is 9.53 Å². The molecule has 0 atom stereocenters. The Hall–Kier alpha value is -2.04. The number of hydrogen-bond donors (Lipinski definition) is 2. The van der Waals surface area contributed by atoms with Gasteiger partial charge in [-0.15, -0.1) is 0 Å². The number of aliphatic imine (C=N–C) groups is 1. The van der Waals surface area contributed by atoms with Gasteiger partial charge < -0.3 is 15.8 Å². The highest BCUT2D eigenvalue weighted by atomic mass is 16.5. The lowest BCUT2D eigenvalue weighted by Crippen LogP contribution is -2.22. The van der Waals surface area contributed by atoms with E-state index >= 15 is 0 Å². The van der Waals surface area contributed by atoms with Crippen LogP contribution in [0.4, 0.5) is 5.69 Å². The summed E-state index contributed by atoms with van der Waals surface area (Å²) in [6.07, 6.45) is 4.41. The SMILES string of the molecule is CCOC(=O)CCCCCCN=C(N)Nc1ccccc1. The first kappa shape index (κ1) is 17.0. The van der Waals surface area contributed by atoms with Gasteiger partial charge in [-0.2, -0.15) is 0 Å². The maximum absolute atomic E-state index is 11.1. The number of nitrogens with one attached hydrogen (secondary N) is 1. The van der Waals surface area contributed by atoms with Gasteiger partial charge in [-0.25, -0.2) is 0 Å². The summed E-state index contributed by atoms with van der Waals surface area (Å²) in [5, 5.41) is 3.04. The lowest BCUT2D eigenvalue weighted by Gasteiger charge is -2.05. The molecular formula is C16H25N3O2. The summed E-state index contributed by atoms with van der Waals surface area (Å²) in [4.78, 5) is 15.4. The van der Waals surface area contributed by atoms with Crippen molar-refractivity contribution in [1.29, 1.82) is 0 Å². The molecule has 0 amide bonds. The number of carbonyl (C=O) groups is 1. The zero-order valence-corrected chi connectivity index (χ0v) is 12.7. The van der Waals surface area contributed by atoms with Crippen molar-refractivity contribution in [2.24, 2.45) is 10.7 Å². The van der Waals surface area contributed by atoms with Crippen LogP contribution in [0.15, 0.2) is 35.3 Å². The van der Waals surface area contributed by atoms with Gasteiger partial charge in [0.2, 0.25) is 0 Å².